The van der Waals surface area contributed by atoms with Gasteiger partial charge in [-0.2, -0.15) is 5.10 Å². The molecule has 0 aliphatic heterocycles. The van der Waals surface area contributed by atoms with E-state index >= 15 is 0 Å². The van der Waals surface area contributed by atoms with E-state index in [1.807, 2.05) is 50.2 Å². The first-order valence-corrected chi connectivity index (χ1v) is 10.7. The third-order valence-electron chi connectivity index (χ3n) is 4.89. The highest BCUT2D eigenvalue weighted by molar-refractivity contribution is 6.31. The van der Waals surface area contributed by atoms with Crippen LogP contribution in [0.2, 0.25) is 5.15 Å². The van der Waals surface area contributed by atoms with Crippen LogP contribution >= 0.6 is 11.6 Å². The van der Waals surface area contributed by atoms with E-state index < -0.39 is 0 Å². The van der Waals surface area contributed by atoms with Crippen molar-refractivity contribution in [3.05, 3.63) is 101 Å². The standard InChI is InChI=1S/C25H22ClN5O2/c1-17-15-20(33-25-27-13-6-14-28-25)9-11-22(17)29-23(32)12-10-21-18(2)30-31(24(21)26)16-19-7-4-3-5-8-19/h3-15H,16H2,1-2H3,(H,29,32)/b12-10+. The van der Waals surface area contributed by atoms with Crippen LogP contribution in [0, 0.1) is 13.8 Å². The van der Waals surface area contributed by atoms with Gasteiger partial charge in [-0.25, -0.2) is 14.6 Å². The summed E-state index contributed by atoms with van der Waals surface area (Å²) in [6, 6.07) is 17.2. The predicted molar refractivity (Wildman–Crippen MR) is 128 cm³/mol. The Balaban J connectivity index is 1.42. The summed E-state index contributed by atoms with van der Waals surface area (Å²) < 4.78 is 7.35. The Morgan fingerprint density at radius 2 is 1.85 bits per heavy atom. The molecule has 166 valence electrons. The number of carbonyl (C=O) groups is 1. The minimum Gasteiger partial charge on any atom is -0.424 e. The summed E-state index contributed by atoms with van der Waals surface area (Å²) in [7, 11) is 0. The quantitative estimate of drug-likeness (QED) is 0.372. The number of ether oxygens (including phenoxy) is 1. The van der Waals surface area contributed by atoms with Crippen molar-refractivity contribution in [1.82, 2.24) is 19.7 Å². The molecule has 1 amide bonds. The predicted octanol–water partition coefficient (Wildman–Crippen LogP) is 5.44. The van der Waals surface area contributed by atoms with E-state index in [9.17, 15) is 4.79 Å². The first-order valence-electron chi connectivity index (χ1n) is 10.3. The normalized spacial score (nSPS) is 11.0. The third kappa shape index (κ3) is 5.64. The van der Waals surface area contributed by atoms with Crippen LogP contribution in [0.4, 0.5) is 5.69 Å². The molecule has 0 radical (unpaired) electrons. The third-order valence-corrected chi connectivity index (χ3v) is 5.29. The number of hydrogen-bond acceptors (Lipinski definition) is 5. The van der Waals surface area contributed by atoms with Crippen LogP contribution in [0.15, 0.2) is 73.1 Å². The molecular weight excluding hydrogens is 438 g/mol. The Hall–Kier alpha value is -3.97. The molecule has 7 nitrogen and oxygen atoms in total. The van der Waals surface area contributed by atoms with Crippen LogP contribution in [-0.2, 0) is 11.3 Å². The molecule has 0 spiro atoms. The van der Waals surface area contributed by atoms with E-state index in [2.05, 4.69) is 20.4 Å². The summed E-state index contributed by atoms with van der Waals surface area (Å²) in [6.07, 6.45) is 6.34. The zero-order valence-corrected chi connectivity index (χ0v) is 19.0. The van der Waals surface area contributed by atoms with Crippen molar-refractivity contribution in [2.75, 3.05) is 5.32 Å². The first kappa shape index (κ1) is 22.2. The Labute approximate surface area is 196 Å². The lowest BCUT2D eigenvalue weighted by molar-refractivity contribution is -0.111. The second-order valence-electron chi connectivity index (χ2n) is 7.37. The van der Waals surface area contributed by atoms with Gasteiger partial charge < -0.3 is 10.1 Å². The summed E-state index contributed by atoms with van der Waals surface area (Å²) in [5, 5.41) is 7.86. The number of nitrogens with zero attached hydrogens (tertiary/aromatic N) is 4. The first-order chi connectivity index (χ1) is 16.0. The summed E-state index contributed by atoms with van der Waals surface area (Å²) in [6.45, 7) is 4.30. The summed E-state index contributed by atoms with van der Waals surface area (Å²) >= 11 is 6.53. The fraction of sp³-hybridized carbons (Fsp3) is 0.120. The minimum atomic E-state index is -0.274. The maximum Gasteiger partial charge on any atom is 0.321 e. The number of carbonyl (C=O) groups excluding carboxylic acids is 1. The van der Waals surface area contributed by atoms with E-state index in [0.29, 0.717) is 28.7 Å². The molecule has 2 heterocycles. The monoisotopic (exact) mass is 459 g/mol. The Kier molecular flexibility index (Phi) is 6.80. The minimum absolute atomic E-state index is 0.261. The molecular formula is C25H22ClN5O2. The van der Waals surface area contributed by atoms with Crippen LogP contribution in [0.3, 0.4) is 0 Å². The molecule has 1 N–H and O–H groups in total. The molecule has 0 saturated carbocycles. The SMILES string of the molecule is Cc1cc(Oc2ncccn2)ccc1NC(=O)/C=C/c1c(C)nn(Cc2ccccc2)c1Cl. The van der Waals surface area contributed by atoms with E-state index in [1.165, 1.54) is 6.08 Å². The van der Waals surface area contributed by atoms with E-state index in [0.717, 1.165) is 16.8 Å². The highest BCUT2D eigenvalue weighted by Crippen LogP contribution is 2.25. The van der Waals surface area contributed by atoms with Gasteiger partial charge in [-0.15, -0.1) is 0 Å². The summed E-state index contributed by atoms with van der Waals surface area (Å²) in [5.41, 5.74) is 4.08. The Morgan fingerprint density at radius 1 is 1.09 bits per heavy atom. The number of aryl methyl sites for hydroxylation is 2. The highest BCUT2D eigenvalue weighted by atomic mass is 35.5. The van der Waals surface area contributed by atoms with Gasteiger partial charge in [-0.05, 0) is 55.3 Å². The largest absolute Gasteiger partial charge is 0.424 e. The van der Waals surface area contributed by atoms with Crippen molar-refractivity contribution in [3.63, 3.8) is 0 Å². The van der Waals surface area contributed by atoms with Crippen molar-refractivity contribution >= 4 is 29.3 Å². The Bertz CT molecular complexity index is 1290. The molecule has 4 rings (SSSR count). The number of amides is 1. The van der Waals surface area contributed by atoms with Crippen molar-refractivity contribution in [2.24, 2.45) is 0 Å². The lowest BCUT2D eigenvalue weighted by atomic mass is 10.2. The molecule has 0 fully saturated rings. The van der Waals surface area contributed by atoms with Gasteiger partial charge in [0.05, 0.1) is 12.2 Å². The maximum atomic E-state index is 12.5. The van der Waals surface area contributed by atoms with Gasteiger partial charge in [0.25, 0.3) is 0 Å². The number of hydrogen-bond donors (Lipinski definition) is 1. The number of halogens is 1. The molecule has 0 aliphatic rings. The molecule has 4 aromatic rings. The lowest BCUT2D eigenvalue weighted by Gasteiger charge is -2.09. The van der Waals surface area contributed by atoms with Crippen molar-refractivity contribution in [3.8, 4) is 11.8 Å². The van der Waals surface area contributed by atoms with Crippen LogP contribution < -0.4 is 10.1 Å². The zero-order chi connectivity index (χ0) is 23.2. The average Bonchev–Trinajstić information content (AvgIpc) is 3.08. The molecule has 8 heteroatoms. The van der Waals surface area contributed by atoms with Gasteiger partial charge in [-0.1, -0.05) is 41.9 Å². The van der Waals surface area contributed by atoms with E-state index in [4.69, 9.17) is 16.3 Å². The summed E-state index contributed by atoms with van der Waals surface area (Å²) in [5.74, 6) is 0.310. The van der Waals surface area contributed by atoms with Gasteiger partial charge in [0, 0.05) is 29.7 Å². The van der Waals surface area contributed by atoms with Crippen molar-refractivity contribution < 1.29 is 9.53 Å². The van der Waals surface area contributed by atoms with Gasteiger partial charge in [0.2, 0.25) is 5.91 Å². The molecule has 0 unspecified atom stereocenters. The Morgan fingerprint density at radius 3 is 2.58 bits per heavy atom. The second-order valence-corrected chi connectivity index (χ2v) is 7.72. The van der Waals surface area contributed by atoms with E-state index in [1.54, 1.807) is 41.4 Å². The number of benzene rings is 2. The molecule has 0 atom stereocenters. The number of rotatable bonds is 7. The summed E-state index contributed by atoms with van der Waals surface area (Å²) in [4.78, 5) is 20.6. The van der Waals surface area contributed by atoms with Crippen LogP contribution in [0.25, 0.3) is 6.08 Å². The molecule has 0 aliphatic carbocycles. The van der Waals surface area contributed by atoms with Gasteiger partial charge >= 0.3 is 6.01 Å². The number of aromatic nitrogens is 4. The molecule has 0 bridgehead atoms. The van der Waals surface area contributed by atoms with Crippen molar-refractivity contribution in [1.29, 1.82) is 0 Å². The molecule has 2 aromatic heterocycles. The maximum absolute atomic E-state index is 12.5. The van der Waals surface area contributed by atoms with E-state index in [-0.39, 0.29) is 11.9 Å². The van der Waals surface area contributed by atoms with Crippen LogP contribution in [0.1, 0.15) is 22.4 Å². The van der Waals surface area contributed by atoms with Crippen LogP contribution in [0.5, 0.6) is 11.8 Å². The van der Waals surface area contributed by atoms with Gasteiger partial charge in [-0.3, -0.25) is 4.79 Å². The molecule has 33 heavy (non-hydrogen) atoms. The lowest BCUT2D eigenvalue weighted by Crippen LogP contribution is -2.09. The second kappa shape index (κ2) is 10.1. The number of anilines is 1. The molecule has 0 saturated heterocycles. The number of nitrogens with one attached hydrogen (secondary N) is 1. The highest BCUT2D eigenvalue weighted by Gasteiger charge is 2.12. The fourth-order valence-electron chi connectivity index (χ4n) is 3.23. The van der Waals surface area contributed by atoms with Crippen LogP contribution in [-0.4, -0.2) is 25.7 Å². The van der Waals surface area contributed by atoms with Crippen molar-refractivity contribution in [2.45, 2.75) is 20.4 Å². The smallest absolute Gasteiger partial charge is 0.321 e. The molecule has 2 aromatic carbocycles. The average molecular weight is 460 g/mol. The van der Waals surface area contributed by atoms with Gasteiger partial charge in [0.15, 0.2) is 0 Å². The fourth-order valence-corrected chi connectivity index (χ4v) is 3.53. The topological polar surface area (TPSA) is 81.9 Å². The van der Waals surface area contributed by atoms with Gasteiger partial charge in [0.1, 0.15) is 10.9 Å². The zero-order valence-electron chi connectivity index (χ0n) is 18.2.